The third kappa shape index (κ3) is 3.43. The van der Waals surface area contributed by atoms with Crippen molar-refractivity contribution < 1.29 is 14.0 Å². The number of hydrogen-bond acceptors (Lipinski definition) is 3. The summed E-state index contributed by atoms with van der Waals surface area (Å²) < 4.78 is 13.1. The van der Waals surface area contributed by atoms with Crippen LogP contribution in [0, 0.1) is 23.6 Å². The number of likely N-dealkylation sites (tertiary alicyclic amines) is 2. The first-order valence-electron chi connectivity index (χ1n) is 10.5. The summed E-state index contributed by atoms with van der Waals surface area (Å²) in [5.74, 6) is 0.871. The molecule has 3 aliphatic rings. The Balaban J connectivity index is 1.41. The number of nitrogens with one attached hydrogen (secondary N) is 1. The quantitative estimate of drug-likeness (QED) is 0.864. The number of benzene rings is 1. The topological polar surface area (TPSA) is 52.7 Å². The van der Waals surface area contributed by atoms with Crippen LogP contribution in [-0.2, 0) is 4.79 Å². The number of amides is 2. The molecule has 0 bridgehead atoms. The first kappa shape index (κ1) is 19.4. The highest BCUT2D eigenvalue weighted by molar-refractivity contribution is 5.94. The summed E-state index contributed by atoms with van der Waals surface area (Å²) in [4.78, 5) is 29.7. The molecule has 0 aromatic heterocycles. The van der Waals surface area contributed by atoms with E-state index < -0.39 is 0 Å². The van der Waals surface area contributed by atoms with Gasteiger partial charge in [0.25, 0.3) is 5.91 Å². The van der Waals surface area contributed by atoms with Gasteiger partial charge < -0.3 is 15.1 Å². The molecule has 5 nitrogen and oxygen atoms in total. The molecule has 0 aliphatic carbocycles. The molecule has 1 unspecified atom stereocenters. The van der Waals surface area contributed by atoms with Crippen molar-refractivity contribution in [2.75, 3.05) is 32.7 Å². The number of carbonyl (C=O) groups is 2. The lowest BCUT2D eigenvalue weighted by Gasteiger charge is -2.43. The van der Waals surface area contributed by atoms with Gasteiger partial charge in [-0.15, -0.1) is 0 Å². The van der Waals surface area contributed by atoms with Crippen molar-refractivity contribution >= 4 is 11.8 Å². The molecule has 1 aromatic carbocycles. The molecule has 0 radical (unpaired) electrons. The summed E-state index contributed by atoms with van der Waals surface area (Å²) in [6.07, 6.45) is 2.75. The van der Waals surface area contributed by atoms with Gasteiger partial charge in [0.2, 0.25) is 5.91 Å². The molecule has 0 saturated carbocycles. The Morgan fingerprint density at radius 3 is 2.57 bits per heavy atom. The van der Waals surface area contributed by atoms with Gasteiger partial charge in [-0.25, -0.2) is 4.39 Å². The average Bonchev–Trinajstić information content (AvgIpc) is 3.22. The van der Waals surface area contributed by atoms with Crippen molar-refractivity contribution in [2.24, 2.45) is 17.8 Å². The number of fused-ring (bicyclic) bond motifs is 2. The van der Waals surface area contributed by atoms with Crippen LogP contribution in [0.2, 0.25) is 0 Å². The van der Waals surface area contributed by atoms with Gasteiger partial charge in [-0.2, -0.15) is 0 Å². The van der Waals surface area contributed by atoms with E-state index in [2.05, 4.69) is 24.1 Å². The van der Waals surface area contributed by atoms with Gasteiger partial charge in [-0.3, -0.25) is 9.59 Å². The third-order valence-corrected chi connectivity index (χ3v) is 7.12. The summed E-state index contributed by atoms with van der Waals surface area (Å²) in [5.41, 5.74) is 0.345. The highest BCUT2D eigenvalue weighted by Crippen LogP contribution is 2.44. The molecule has 3 fully saturated rings. The molecule has 152 valence electrons. The van der Waals surface area contributed by atoms with Crippen LogP contribution in [0.3, 0.4) is 0 Å². The fourth-order valence-electron chi connectivity index (χ4n) is 5.24. The van der Waals surface area contributed by atoms with Crippen LogP contribution in [0.25, 0.3) is 0 Å². The van der Waals surface area contributed by atoms with Crippen molar-refractivity contribution in [2.45, 2.75) is 38.6 Å². The van der Waals surface area contributed by atoms with E-state index in [0.717, 1.165) is 38.9 Å². The number of hydrogen-bond donors (Lipinski definition) is 1. The predicted molar refractivity (Wildman–Crippen MR) is 105 cm³/mol. The molecule has 1 aromatic rings. The minimum Gasteiger partial charge on any atom is -0.350 e. The summed E-state index contributed by atoms with van der Waals surface area (Å²) in [6.45, 7) is 8.63. The smallest absolute Gasteiger partial charge is 0.253 e. The van der Waals surface area contributed by atoms with Crippen LogP contribution < -0.4 is 5.32 Å². The number of rotatable bonds is 4. The molecule has 4 rings (SSSR count). The fraction of sp³-hybridized carbons (Fsp3) is 0.636. The zero-order valence-corrected chi connectivity index (χ0v) is 16.8. The Bertz CT molecular complexity index is 743. The molecular weight excluding hydrogens is 357 g/mol. The van der Waals surface area contributed by atoms with Crippen molar-refractivity contribution in [3.05, 3.63) is 35.6 Å². The maximum atomic E-state index is 13.1. The number of carbonyl (C=O) groups excluding carboxylic acids is 2. The van der Waals surface area contributed by atoms with Crippen molar-refractivity contribution in [3.8, 4) is 0 Å². The normalized spacial score (nSPS) is 27.7. The molecule has 3 heterocycles. The Hall–Kier alpha value is -1.95. The largest absolute Gasteiger partial charge is 0.350 e. The van der Waals surface area contributed by atoms with E-state index in [1.165, 1.54) is 12.1 Å². The van der Waals surface area contributed by atoms with E-state index in [1.54, 1.807) is 12.1 Å². The maximum absolute atomic E-state index is 13.1. The third-order valence-electron chi connectivity index (χ3n) is 7.12. The standard InChI is InChI=1S/C22H30FN3O2/c1-3-15(2)12-25-13-18-19(14-25)22(24-20(18)27)8-10-26(11-9-22)21(28)16-4-6-17(23)7-5-16/h4-7,15,18-19H,3,8-14H2,1-2H3,(H,24,27)/t15?,18-,19+/m1/s1. The Morgan fingerprint density at radius 1 is 1.25 bits per heavy atom. The number of piperidine rings is 1. The van der Waals surface area contributed by atoms with Gasteiger partial charge in [0.15, 0.2) is 0 Å². The second kappa shape index (κ2) is 7.47. The molecule has 2 amide bonds. The van der Waals surface area contributed by atoms with E-state index in [4.69, 9.17) is 0 Å². The molecular formula is C22H30FN3O2. The lowest BCUT2D eigenvalue weighted by atomic mass is 9.75. The van der Waals surface area contributed by atoms with Crippen LogP contribution in [0.15, 0.2) is 24.3 Å². The van der Waals surface area contributed by atoms with Crippen molar-refractivity contribution in [1.82, 2.24) is 15.1 Å². The second-order valence-electron chi connectivity index (χ2n) is 8.89. The Labute approximate surface area is 166 Å². The van der Waals surface area contributed by atoms with Crippen molar-refractivity contribution in [3.63, 3.8) is 0 Å². The molecule has 6 heteroatoms. The van der Waals surface area contributed by atoms with Gasteiger partial charge in [0, 0.05) is 49.7 Å². The monoisotopic (exact) mass is 387 g/mol. The molecule has 1 N–H and O–H groups in total. The van der Waals surface area contributed by atoms with E-state index in [-0.39, 0.29) is 29.1 Å². The van der Waals surface area contributed by atoms with Gasteiger partial charge in [0.05, 0.1) is 5.92 Å². The minimum absolute atomic E-state index is 0.0551. The summed E-state index contributed by atoms with van der Waals surface area (Å²) in [7, 11) is 0. The number of halogens is 1. The Kier molecular flexibility index (Phi) is 5.17. The fourth-order valence-corrected chi connectivity index (χ4v) is 5.24. The highest BCUT2D eigenvalue weighted by atomic mass is 19.1. The molecule has 3 atom stereocenters. The van der Waals surface area contributed by atoms with E-state index in [1.807, 2.05) is 4.90 Å². The maximum Gasteiger partial charge on any atom is 0.253 e. The molecule has 3 aliphatic heterocycles. The van der Waals surface area contributed by atoms with Crippen LogP contribution in [-0.4, -0.2) is 59.9 Å². The highest BCUT2D eigenvalue weighted by Gasteiger charge is 2.57. The zero-order valence-electron chi connectivity index (χ0n) is 16.8. The summed E-state index contributed by atoms with van der Waals surface area (Å²) >= 11 is 0. The lowest BCUT2D eigenvalue weighted by Crippen LogP contribution is -2.56. The second-order valence-corrected chi connectivity index (χ2v) is 8.89. The SMILES string of the molecule is CCC(C)CN1C[C@H]2C(=O)NC3(CCN(C(=O)c4ccc(F)cc4)CC3)[C@H]2C1. The zero-order chi connectivity index (χ0) is 19.9. The van der Waals surface area contributed by atoms with E-state index in [0.29, 0.717) is 30.5 Å². The van der Waals surface area contributed by atoms with Crippen LogP contribution in [0.4, 0.5) is 4.39 Å². The van der Waals surface area contributed by atoms with Crippen molar-refractivity contribution in [1.29, 1.82) is 0 Å². The van der Waals surface area contributed by atoms with Gasteiger partial charge in [-0.1, -0.05) is 20.3 Å². The van der Waals surface area contributed by atoms with Gasteiger partial charge >= 0.3 is 0 Å². The summed E-state index contributed by atoms with van der Waals surface area (Å²) in [6, 6.07) is 5.73. The first-order valence-corrected chi connectivity index (χ1v) is 10.5. The van der Waals surface area contributed by atoms with Gasteiger partial charge in [-0.05, 0) is 43.0 Å². The minimum atomic E-state index is -0.336. The van der Waals surface area contributed by atoms with Gasteiger partial charge in [0.1, 0.15) is 5.82 Å². The summed E-state index contributed by atoms with van der Waals surface area (Å²) in [5, 5.41) is 3.31. The number of nitrogens with zero attached hydrogens (tertiary/aromatic N) is 2. The lowest BCUT2D eigenvalue weighted by molar-refractivity contribution is -0.123. The predicted octanol–water partition coefficient (Wildman–Crippen LogP) is 2.52. The van der Waals surface area contributed by atoms with E-state index >= 15 is 0 Å². The van der Waals surface area contributed by atoms with Crippen LogP contribution in [0.1, 0.15) is 43.5 Å². The Morgan fingerprint density at radius 2 is 1.93 bits per heavy atom. The average molecular weight is 387 g/mol. The molecule has 3 saturated heterocycles. The van der Waals surface area contributed by atoms with Crippen LogP contribution in [0.5, 0.6) is 0 Å². The van der Waals surface area contributed by atoms with E-state index in [9.17, 15) is 14.0 Å². The molecule has 28 heavy (non-hydrogen) atoms. The molecule has 1 spiro atoms. The first-order chi connectivity index (χ1) is 13.4. The van der Waals surface area contributed by atoms with Crippen LogP contribution >= 0.6 is 0 Å².